The normalized spacial score (nSPS) is 23.2. The van der Waals surface area contributed by atoms with Gasteiger partial charge in [0.2, 0.25) is 5.91 Å². The molecule has 2 atom stereocenters. The number of carbonyl (C=O) groups is 1. The zero-order valence-electron chi connectivity index (χ0n) is 11.6. The maximum atomic E-state index is 12.5. The molecule has 0 radical (unpaired) electrons. The van der Waals surface area contributed by atoms with E-state index < -0.39 is 6.43 Å². The van der Waals surface area contributed by atoms with Crippen molar-refractivity contribution in [3.05, 3.63) is 29.6 Å². The van der Waals surface area contributed by atoms with Crippen LogP contribution in [-0.4, -0.2) is 35.4 Å². The van der Waals surface area contributed by atoms with Crippen LogP contribution in [0.25, 0.3) is 0 Å². The van der Waals surface area contributed by atoms with E-state index in [0.717, 1.165) is 13.0 Å². The summed E-state index contributed by atoms with van der Waals surface area (Å²) in [5, 5.41) is 2.80. The standard InChI is InChI=1S/C14H19F2N3O/c1-9-5-12(19(2)8-9)14(20)18-7-10-3-4-17-11(6-10)13(15)16/h3-4,6,9,12-13H,5,7-8H2,1-2H3,(H,18,20)/t9?,12-/m0/s1. The highest BCUT2D eigenvalue weighted by Gasteiger charge is 2.31. The van der Waals surface area contributed by atoms with Crippen LogP contribution in [0.1, 0.15) is 31.0 Å². The van der Waals surface area contributed by atoms with Crippen molar-refractivity contribution in [2.75, 3.05) is 13.6 Å². The van der Waals surface area contributed by atoms with Crippen LogP contribution in [0.5, 0.6) is 0 Å². The van der Waals surface area contributed by atoms with Gasteiger partial charge in [-0.05, 0) is 37.1 Å². The number of carbonyl (C=O) groups excluding carboxylic acids is 1. The minimum Gasteiger partial charge on any atom is -0.351 e. The van der Waals surface area contributed by atoms with Crippen LogP contribution in [0.15, 0.2) is 18.3 Å². The van der Waals surface area contributed by atoms with Crippen LogP contribution in [0.3, 0.4) is 0 Å². The van der Waals surface area contributed by atoms with E-state index >= 15 is 0 Å². The van der Waals surface area contributed by atoms with Crippen molar-refractivity contribution in [1.29, 1.82) is 0 Å². The molecule has 0 aliphatic carbocycles. The molecule has 1 fully saturated rings. The molecule has 0 saturated carbocycles. The lowest BCUT2D eigenvalue weighted by molar-refractivity contribution is -0.125. The van der Waals surface area contributed by atoms with Gasteiger partial charge in [0.25, 0.3) is 6.43 Å². The van der Waals surface area contributed by atoms with Crippen LogP contribution in [-0.2, 0) is 11.3 Å². The largest absolute Gasteiger partial charge is 0.351 e. The van der Waals surface area contributed by atoms with Crippen molar-refractivity contribution in [3.63, 3.8) is 0 Å². The Balaban J connectivity index is 1.92. The molecule has 1 N–H and O–H groups in total. The van der Waals surface area contributed by atoms with E-state index in [4.69, 9.17) is 0 Å². The molecule has 110 valence electrons. The summed E-state index contributed by atoms with van der Waals surface area (Å²) in [6, 6.07) is 2.83. The third kappa shape index (κ3) is 3.50. The smallest absolute Gasteiger partial charge is 0.280 e. The predicted molar refractivity (Wildman–Crippen MR) is 71.2 cm³/mol. The fraction of sp³-hybridized carbons (Fsp3) is 0.571. The molecule has 0 aromatic carbocycles. The molecule has 1 aliphatic heterocycles. The fourth-order valence-corrected chi connectivity index (χ4v) is 2.59. The second kappa shape index (κ2) is 6.26. The third-order valence-electron chi connectivity index (χ3n) is 3.60. The van der Waals surface area contributed by atoms with Gasteiger partial charge in [-0.25, -0.2) is 8.78 Å². The Kier molecular flexibility index (Phi) is 4.65. The molecule has 0 spiro atoms. The van der Waals surface area contributed by atoms with Crippen LogP contribution >= 0.6 is 0 Å². The summed E-state index contributed by atoms with van der Waals surface area (Å²) >= 11 is 0. The number of hydrogen-bond donors (Lipinski definition) is 1. The average Bonchev–Trinajstić information content (AvgIpc) is 2.75. The molecule has 6 heteroatoms. The number of likely N-dealkylation sites (N-methyl/N-ethyl adjacent to an activating group) is 1. The number of nitrogens with zero attached hydrogens (tertiary/aromatic N) is 2. The molecule has 1 aromatic heterocycles. The van der Waals surface area contributed by atoms with Gasteiger partial charge in [0, 0.05) is 19.3 Å². The van der Waals surface area contributed by atoms with Crippen molar-refractivity contribution < 1.29 is 13.6 Å². The van der Waals surface area contributed by atoms with Crippen molar-refractivity contribution >= 4 is 5.91 Å². The number of amides is 1. The number of pyridine rings is 1. The molecule has 1 aliphatic rings. The number of alkyl halides is 2. The first-order valence-corrected chi connectivity index (χ1v) is 6.68. The molecule has 1 aromatic rings. The molecule has 4 nitrogen and oxygen atoms in total. The van der Waals surface area contributed by atoms with E-state index in [9.17, 15) is 13.6 Å². The minimum atomic E-state index is -2.59. The Morgan fingerprint density at radius 1 is 1.60 bits per heavy atom. The summed E-state index contributed by atoms with van der Waals surface area (Å²) < 4.78 is 25.1. The Morgan fingerprint density at radius 2 is 2.35 bits per heavy atom. The van der Waals surface area contributed by atoms with Crippen molar-refractivity contribution in [2.45, 2.75) is 32.4 Å². The van der Waals surface area contributed by atoms with Gasteiger partial charge in [0.15, 0.2) is 0 Å². The summed E-state index contributed by atoms with van der Waals surface area (Å²) in [4.78, 5) is 17.7. The topological polar surface area (TPSA) is 45.2 Å². The van der Waals surface area contributed by atoms with E-state index in [1.165, 1.54) is 12.3 Å². The molecular weight excluding hydrogens is 264 g/mol. The highest BCUT2D eigenvalue weighted by Crippen LogP contribution is 2.21. The van der Waals surface area contributed by atoms with E-state index in [0.29, 0.717) is 11.5 Å². The third-order valence-corrected chi connectivity index (χ3v) is 3.60. The molecule has 20 heavy (non-hydrogen) atoms. The van der Waals surface area contributed by atoms with Crippen LogP contribution < -0.4 is 5.32 Å². The first-order chi connectivity index (χ1) is 9.47. The lowest BCUT2D eigenvalue weighted by atomic mass is 10.1. The fourth-order valence-electron chi connectivity index (χ4n) is 2.59. The minimum absolute atomic E-state index is 0.0488. The molecular formula is C14H19F2N3O. The maximum Gasteiger partial charge on any atom is 0.280 e. The van der Waals surface area contributed by atoms with Gasteiger partial charge >= 0.3 is 0 Å². The lowest BCUT2D eigenvalue weighted by Crippen LogP contribution is -2.41. The van der Waals surface area contributed by atoms with Gasteiger partial charge in [0.05, 0.1) is 6.04 Å². The van der Waals surface area contributed by atoms with Crippen molar-refractivity contribution in [1.82, 2.24) is 15.2 Å². The first kappa shape index (κ1) is 14.8. The molecule has 2 rings (SSSR count). The number of nitrogens with one attached hydrogen (secondary N) is 1. The number of rotatable bonds is 4. The van der Waals surface area contributed by atoms with Gasteiger partial charge in [-0.15, -0.1) is 0 Å². The maximum absolute atomic E-state index is 12.5. The number of likely N-dealkylation sites (tertiary alicyclic amines) is 1. The van der Waals surface area contributed by atoms with Crippen LogP contribution in [0, 0.1) is 5.92 Å². The number of halogens is 2. The van der Waals surface area contributed by atoms with Crippen molar-refractivity contribution in [2.24, 2.45) is 5.92 Å². The second-order valence-electron chi connectivity index (χ2n) is 5.40. The van der Waals surface area contributed by atoms with Gasteiger partial charge in [-0.3, -0.25) is 14.7 Å². The highest BCUT2D eigenvalue weighted by molar-refractivity contribution is 5.82. The summed E-state index contributed by atoms with van der Waals surface area (Å²) in [5.41, 5.74) is 0.376. The van der Waals surface area contributed by atoms with Gasteiger partial charge in [0.1, 0.15) is 5.69 Å². The predicted octanol–water partition coefficient (Wildman–Crippen LogP) is 1.98. The summed E-state index contributed by atoms with van der Waals surface area (Å²) in [5.74, 6) is 0.453. The summed E-state index contributed by atoms with van der Waals surface area (Å²) in [7, 11) is 1.93. The van der Waals surface area contributed by atoms with Gasteiger partial charge < -0.3 is 5.32 Å². The summed E-state index contributed by atoms with van der Waals surface area (Å²) in [6.45, 7) is 3.27. The zero-order valence-corrected chi connectivity index (χ0v) is 11.6. The Bertz CT molecular complexity index is 481. The molecule has 1 unspecified atom stereocenters. The summed E-state index contributed by atoms with van der Waals surface area (Å²) in [6.07, 6.45) is -0.416. The second-order valence-corrected chi connectivity index (χ2v) is 5.40. The highest BCUT2D eigenvalue weighted by atomic mass is 19.3. The first-order valence-electron chi connectivity index (χ1n) is 6.68. The Labute approximate surface area is 117 Å². The van der Waals surface area contributed by atoms with Crippen LogP contribution in [0.2, 0.25) is 0 Å². The van der Waals surface area contributed by atoms with Crippen molar-refractivity contribution in [3.8, 4) is 0 Å². The lowest BCUT2D eigenvalue weighted by Gasteiger charge is -2.18. The number of hydrogen-bond acceptors (Lipinski definition) is 3. The SMILES string of the molecule is CC1C[C@@H](C(=O)NCc2ccnc(C(F)F)c2)N(C)C1. The monoisotopic (exact) mass is 283 g/mol. The quantitative estimate of drug-likeness (QED) is 0.919. The molecule has 1 saturated heterocycles. The van der Waals surface area contributed by atoms with Gasteiger partial charge in [-0.1, -0.05) is 6.92 Å². The average molecular weight is 283 g/mol. The van der Waals surface area contributed by atoms with Gasteiger partial charge in [-0.2, -0.15) is 0 Å². The number of aromatic nitrogens is 1. The van der Waals surface area contributed by atoms with E-state index in [1.54, 1.807) is 6.07 Å². The Hall–Kier alpha value is -1.56. The molecule has 0 bridgehead atoms. The van der Waals surface area contributed by atoms with E-state index in [-0.39, 0.29) is 24.2 Å². The van der Waals surface area contributed by atoms with Crippen LogP contribution in [0.4, 0.5) is 8.78 Å². The molecule has 2 heterocycles. The van der Waals surface area contributed by atoms with E-state index in [2.05, 4.69) is 17.2 Å². The zero-order chi connectivity index (χ0) is 14.7. The molecule has 1 amide bonds. The van der Waals surface area contributed by atoms with E-state index in [1.807, 2.05) is 11.9 Å². The Morgan fingerprint density at radius 3 is 2.95 bits per heavy atom.